The van der Waals surface area contributed by atoms with Crippen LogP contribution in [0.3, 0.4) is 0 Å². The van der Waals surface area contributed by atoms with Gasteiger partial charge in [-0.15, -0.1) is 0 Å². The van der Waals surface area contributed by atoms with Gasteiger partial charge in [0, 0.05) is 37.3 Å². The van der Waals surface area contributed by atoms with Gasteiger partial charge in [0.15, 0.2) is 16.4 Å². The number of carbonyl (C=O) groups excluding carboxylic acids is 1. The molecule has 2 aromatic carbocycles. The van der Waals surface area contributed by atoms with Crippen molar-refractivity contribution in [2.24, 2.45) is 0 Å². The number of rotatable bonds is 4. The molecule has 2 aliphatic rings. The number of benzene rings is 2. The first-order chi connectivity index (χ1) is 14.3. The van der Waals surface area contributed by atoms with Crippen LogP contribution in [-0.2, 0) is 21.2 Å². The molecule has 10 nitrogen and oxygen atoms in total. The van der Waals surface area contributed by atoms with Crippen molar-refractivity contribution in [3.05, 3.63) is 46.0 Å². The summed E-state index contributed by atoms with van der Waals surface area (Å²) in [5.74, 6) is 0.189. The molecular weight excluding hydrogens is 414 g/mol. The van der Waals surface area contributed by atoms with Crippen molar-refractivity contribution in [2.75, 3.05) is 29.4 Å². The van der Waals surface area contributed by atoms with Gasteiger partial charge < -0.3 is 14.4 Å². The van der Waals surface area contributed by atoms with Gasteiger partial charge in [-0.05, 0) is 30.2 Å². The highest BCUT2D eigenvalue weighted by atomic mass is 32.2. The van der Waals surface area contributed by atoms with Gasteiger partial charge in [0.25, 0.3) is 15.7 Å². The van der Waals surface area contributed by atoms with Gasteiger partial charge in [-0.3, -0.25) is 19.6 Å². The molecule has 0 unspecified atom stereocenters. The third-order valence-corrected chi connectivity index (χ3v) is 6.33. The number of nitro benzene ring substituents is 1. The largest absolute Gasteiger partial charge is 0.490 e. The van der Waals surface area contributed by atoms with Crippen molar-refractivity contribution in [2.45, 2.75) is 24.7 Å². The Hall–Kier alpha value is -3.34. The lowest BCUT2D eigenvalue weighted by Gasteiger charge is -2.15. The zero-order chi connectivity index (χ0) is 21.5. The van der Waals surface area contributed by atoms with Crippen molar-refractivity contribution in [3.63, 3.8) is 0 Å². The molecule has 1 N–H and O–H groups in total. The van der Waals surface area contributed by atoms with Gasteiger partial charge in [-0.25, -0.2) is 8.42 Å². The van der Waals surface area contributed by atoms with E-state index >= 15 is 0 Å². The Bertz CT molecular complexity index is 1150. The minimum Gasteiger partial charge on any atom is -0.490 e. The molecule has 30 heavy (non-hydrogen) atoms. The average Bonchev–Trinajstić information content (AvgIpc) is 2.96. The lowest BCUT2D eigenvalue weighted by molar-refractivity contribution is -0.387. The molecule has 0 saturated heterocycles. The van der Waals surface area contributed by atoms with Crippen LogP contribution in [-0.4, -0.2) is 39.0 Å². The second-order valence-electron chi connectivity index (χ2n) is 6.94. The topological polar surface area (TPSA) is 128 Å². The summed E-state index contributed by atoms with van der Waals surface area (Å²) in [5.41, 5.74) is 1.20. The number of fused-ring (bicyclic) bond motifs is 2. The minimum atomic E-state index is -4.29. The van der Waals surface area contributed by atoms with Crippen LogP contribution in [0.1, 0.15) is 18.9 Å². The maximum Gasteiger partial charge on any atom is 0.293 e. The van der Waals surface area contributed by atoms with Crippen LogP contribution >= 0.6 is 0 Å². The van der Waals surface area contributed by atoms with Gasteiger partial charge in [-0.1, -0.05) is 0 Å². The van der Waals surface area contributed by atoms with Crippen LogP contribution in [0, 0.1) is 10.1 Å². The third kappa shape index (κ3) is 3.63. The summed E-state index contributed by atoms with van der Waals surface area (Å²) >= 11 is 0. The molecule has 11 heteroatoms. The molecule has 0 spiro atoms. The van der Waals surface area contributed by atoms with E-state index in [4.69, 9.17) is 9.47 Å². The van der Waals surface area contributed by atoms with E-state index in [9.17, 15) is 23.3 Å². The number of carbonyl (C=O) groups is 1. The van der Waals surface area contributed by atoms with Gasteiger partial charge >= 0.3 is 0 Å². The quantitative estimate of drug-likeness (QED) is 0.579. The van der Waals surface area contributed by atoms with Crippen LogP contribution in [0.2, 0.25) is 0 Å². The van der Waals surface area contributed by atoms with E-state index < -0.39 is 25.5 Å². The van der Waals surface area contributed by atoms with Crippen LogP contribution in [0.15, 0.2) is 35.2 Å². The van der Waals surface area contributed by atoms with E-state index in [1.165, 1.54) is 13.0 Å². The van der Waals surface area contributed by atoms with E-state index in [0.717, 1.165) is 23.4 Å². The van der Waals surface area contributed by atoms with Crippen LogP contribution in [0.25, 0.3) is 0 Å². The highest BCUT2D eigenvalue weighted by Crippen LogP contribution is 2.39. The van der Waals surface area contributed by atoms with Gasteiger partial charge in [0.1, 0.15) is 0 Å². The lowest BCUT2D eigenvalue weighted by Crippen LogP contribution is -2.25. The Morgan fingerprint density at radius 1 is 1.17 bits per heavy atom. The van der Waals surface area contributed by atoms with Crippen molar-refractivity contribution < 1.29 is 27.6 Å². The fourth-order valence-corrected chi connectivity index (χ4v) is 4.76. The molecule has 2 aromatic rings. The molecule has 0 aromatic heterocycles. The van der Waals surface area contributed by atoms with E-state index in [2.05, 4.69) is 4.72 Å². The van der Waals surface area contributed by atoms with Gasteiger partial charge in [-0.2, -0.15) is 0 Å². The van der Waals surface area contributed by atoms with Crippen molar-refractivity contribution in [3.8, 4) is 11.5 Å². The van der Waals surface area contributed by atoms with Crippen LogP contribution in [0.4, 0.5) is 17.1 Å². The number of hydrogen-bond donors (Lipinski definition) is 1. The van der Waals surface area contributed by atoms with Crippen molar-refractivity contribution in [1.82, 2.24) is 0 Å². The van der Waals surface area contributed by atoms with E-state index in [1.807, 2.05) is 0 Å². The first-order valence-corrected chi connectivity index (χ1v) is 10.8. The molecule has 4 rings (SSSR count). The summed E-state index contributed by atoms with van der Waals surface area (Å²) in [6, 6.07) is 7.00. The molecule has 158 valence electrons. The molecule has 2 aliphatic heterocycles. The number of nitro groups is 1. The minimum absolute atomic E-state index is 0.0927. The van der Waals surface area contributed by atoms with Crippen LogP contribution in [0.5, 0.6) is 11.5 Å². The fourth-order valence-electron chi connectivity index (χ4n) is 3.54. The van der Waals surface area contributed by atoms with Crippen LogP contribution < -0.4 is 19.1 Å². The SMILES string of the molecule is CC(=O)N1CCc2cc(NS(=O)(=O)c3cc4c(cc3[N+](=O)[O-])OCCCO4)ccc21. The fraction of sp³-hybridized carbons (Fsp3) is 0.316. The first kappa shape index (κ1) is 20.0. The first-order valence-electron chi connectivity index (χ1n) is 9.28. The van der Waals surface area contributed by atoms with Crippen molar-refractivity contribution >= 4 is 33.0 Å². The summed E-state index contributed by atoms with van der Waals surface area (Å²) in [4.78, 5) is 23.5. The molecule has 0 saturated carbocycles. The number of nitrogens with one attached hydrogen (secondary N) is 1. The third-order valence-electron chi connectivity index (χ3n) is 4.92. The maximum absolute atomic E-state index is 13.0. The number of anilines is 2. The van der Waals surface area contributed by atoms with E-state index in [-0.39, 0.29) is 23.1 Å². The predicted octanol–water partition coefficient (Wildman–Crippen LogP) is 2.47. The normalized spacial score (nSPS) is 15.3. The summed E-state index contributed by atoms with van der Waals surface area (Å²) in [6.07, 6.45) is 1.17. The number of nitrogens with zero attached hydrogens (tertiary/aromatic N) is 2. The smallest absolute Gasteiger partial charge is 0.293 e. The number of ether oxygens (including phenoxy) is 2. The summed E-state index contributed by atoms with van der Waals surface area (Å²) < 4.78 is 39.3. The molecule has 0 aliphatic carbocycles. The van der Waals surface area contributed by atoms with E-state index in [0.29, 0.717) is 32.6 Å². The maximum atomic E-state index is 13.0. The standard InChI is InChI=1S/C19H19N3O7S/c1-12(23)21-6-5-13-9-14(3-4-15(13)21)20-30(26,27)19-11-18-17(10-16(19)22(24)25)28-7-2-8-29-18/h3-4,9-11,20H,2,5-8H2,1H3. The average molecular weight is 433 g/mol. The lowest BCUT2D eigenvalue weighted by atomic mass is 10.1. The summed E-state index contributed by atoms with van der Waals surface area (Å²) in [6.45, 7) is 2.62. The molecule has 2 heterocycles. The zero-order valence-corrected chi connectivity index (χ0v) is 16.9. The Balaban J connectivity index is 1.70. The molecule has 0 fully saturated rings. The molecule has 1 amide bonds. The molecular formula is C19H19N3O7S. The second-order valence-corrected chi connectivity index (χ2v) is 8.59. The number of amides is 1. The summed E-state index contributed by atoms with van der Waals surface area (Å²) in [7, 11) is -4.29. The predicted molar refractivity (Wildman–Crippen MR) is 108 cm³/mol. The zero-order valence-electron chi connectivity index (χ0n) is 16.1. The van der Waals surface area contributed by atoms with Gasteiger partial charge in [0.2, 0.25) is 5.91 Å². The molecule has 0 radical (unpaired) electrons. The highest BCUT2D eigenvalue weighted by molar-refractivity contribution is 7.92. The Labute approximate surface area is 172 Å². The number of sulfonamides is 1. The van der Waals surface area contributed by atoms with Gasteiger partial charge in [0.05, 0.1) is 24.2 Å². The second kappa shape index (κ2) is 7.48. The highest BCUT2D eigenvalue weighted by Gasteiger charge is 2.31. The summed E-state index contributed by atoms with van der Waals surface area (Å²) in [5, 5.41) is 11.5. The monoisotopic (exact) mass is 433 g/mol. The molecule has 0 bridgehead atoms. The van der Waals surface area contributed by atoms with Crippen molar-refractivity contribution in [1.29, 1.82) is 0 Å². The van der Waals surface area contributed by atoms with E-state index in [1.54, 1.807) is 17.0 Å². The Morgan fingerprint density at radius 2 is 1.87 bits per heavy atom. The number of hydrogen-bond acceptors (Lipinski definition) is 7. The Morgan fingerprint density at radius 3 is 2.53 bits per heavy atom. The molecule has 0 atom stereocenters. The Kier molecular flexibility index (Phi) is 4.98.